The Bertz CT molecular complexity index is 1520. The van der Waals surface area contributed by atoms with Crippen LogP contribution in [-0.4, -0.2) is 34.4 Å². The van der Waals surface area contributed by atoms with Gasteiger partial charge in [-0.3, -0.25) is 0 Å². The fourth-order valence-electron chi connectivity index (χ4n) is 3.75. The van der Waals surface area contributed by atoms with Crippen molar-refractivity contribution in [2.45, 2.75) is 17.9 Å². The molecular formula is C21H15ClF2N6O2S. The molecule has 0 amide bonds. The lowest BCUT2D eigenvalue weighted by Gasteiger charge is -2.34. The quantitative estimate of drug-likeness (QED) is 0.443. The summed E-state index contributed by atoms with van der Waals surface area (Å²) in [4.78, 5) is 15.2. The number of benzene rings is 2. The first-order valence-electron chi connectivity index (χ1n) is 9.68. The zero-order valence-electron chi connectivity index (χ0n) is 16.9. The number of nitrogens with zero attached hydrogens (tertiary/aromatic N) is 4. The van der Waals surface area contributed by atoms with E-state index in [1.807, 2.05) is 0 Å². The van der Waals surface area contributed by atoms with E-state index < -0.39 is 27.7 Å². The molecule has 5 rings (SSSR count). The zero-order chi connectivity index (χ0) is 23.3. The number of nitrogens with one attached hydrogen (secondary N) is 2. The fourth-order valence-corrected chi connectivity index (χ4v) is 6.02. The summed E-state index contributed by atoms with van der Waals surface area (Å²) in [6.07, 6.45) is 4.39. The number of anilines is 2. The summed E-state index contributed by atoms with van der Waals surface area (Å²) < 4.78 is 56.4. The molecule has 12 heteroatoms. The second-order valence-electron chi connectivity index (χ2n) is 7.31. The molecule has 2 N–H and O–H groups in total. The summed E-state index contributed by atoms with van der Waals surface area (Å²) in [7, 11) is -4.31. The van der Waals surface area contributed by atoms with E-state index >= 15 is 0 Å². The molecule has 3 heterocycles. The van der Waals surface area contributed by atoms with Crippen LogP contribution in [0.4, 0.5) is 20.3 Å². The second-order valence-corrected chi connectivity index (χ2v) is 9.44. The first-order chi connectivity index (χ1) is 15.8. The highest BCUT2D eigenvalue weighted by atomic mass is 35.5. The number of rotatable bonds is 4. The molecule has 2 aromatic heterocycles. The molecule has 2 aromatic carbocycles. The van der Waals surface area contributed by atoms with Gasteiger partial charge in [-0.05, 0) is 36.8 Å². The standard InChI is InChI=1S/C21H15ClF2N6O2S/c1-11(29-21-18-20(26-9-25-18)27-10-28-21)17-5-12-3-2-4-16(22)19(12)33(31,32)30(17)15-7-13(23)6-14(24)8-15/h2-11H,1H3,(H2,25,26,27,28,29). The molecule has 0 bridgehead atoms. The topological polar surface area (TPSA) is 104 Å². The Kier molecular flexibility index (Phi) is 5.02. The van der Waals surface area contributed by atoms with Crippen molar-refractivity contribution in [1.29, 1.82) is 0 Å². The molecule has 8 nitrogen and oxygen atoms in total. The van der Waals surface area contributed by atoms with Crippen LogP contribution >= 0.6 is 11.6 Å². The van der Waals surface area contributed by atoms with Crippen molar-refractivity contribution in [2.75, 3.05) is 9.62 Å². The molecule has 0 fully saturated rings. The van der Waals surface area contributed by atoms with Crippen LogP contribution < -0.4 is 9.62 Å². The second kappa shape index (κ2) is 7.78. The highest BCUT2D eigenvalue weighted by molar-refractivity contribution is 7.93. The Hall–Kier alpha value is -3.57. The summed E-state index contributed by atoms with van der Waals surface area (Å²) in [6.45, 7) is 1.69. The Morgan fingerprint density at radius 2 is 1.88 bits per heavy atom. The van der Waals surface area contributed by atoms with Crippen LogP contribution in [0.15, 0.2) is 59.6 Å². The molecule has 4 aromatic rings. The van der Waals surface area contributed by atoms with Crippen molar-refractivity contribution in [3.8, 4) is 0 Å². The van der Waals surface area contributed by atoms with E-state index in [-0.39, 0.29) is 21.3 Å². The lowest BCUT2D eigenvalue weighted by atomic mass is 10.1. The molecule has 0 aliphatic carbocycles. The Balaban J connectivity index is 1.68. The Labute approximate surface area is 192 Å². The van der Waals surface area contributed by atoms with Crippen molar-refractivity contribution in [3.63, 3.8) is 0 Å². The van der Waals surface area contributed by atoms with Crippen LogP contribution in [0.1, 0.15) is 12.5 Å². The van der Waals surface area contributed by atoms with E-state index in [0.717, 1.165) is 16.4 Å². The minimum atomic E-state index is -4.31. The third-order valence-corrected chi connectivity index (χ3v) is 7.43. The molecule has 168 valence electrons. The monoisotopic (exact) mass is 488 g/mol. The predicted molar refractivity (Wildman–Crippen MR) is 120 cm³/mol. The average molecular weight is 489 g/mol. The zero-order valence-corrected chi connectivity index (χ0v) is 18.5. The fraction of sp³-hybridized carbons (Fsp3) is 0.0952. The first-order valence-corrected chi connectivity index (χ1v) is 11.5. The number of fused-ring (bicyclic) bond motifs is 2. The van der Waals surface area contributed by atoms with Gasteiger partial charge in [0.15, 0.2) is 11.5 Å². The van der Waals surface area contributed by atoms with E-state index in [9.17, 15) is 17.2 Å². The molecule has 0 radical (unpaired) electrons. The summed E-state index contributed by atoms with van der Waals surface area (Å²) in [5.41, 5.74) is 1.30. The normalized spacial score (nSPS) is 15.8. The number of halogens is 3. The van der Waals surface area contributed by atoms with Crippen LogP contribution in [0.3, 0.4) is 0 Å². The van der Waals surface area contributed by atoms with Crippen molar-refractivity contribution in [3.05, 3.63) is 77.0 Å². The molecule has 0 saturated carbocycles. The number of sulfonamides is 1. The van der Waals surface area contributed by atoms with E-state index in [2.05, 4.69) is 25.3 Å². The van der Waals surface area contributed by atoms with Crippen LogP contribution in [0.5, 0.6) is 0 Å². The number of H-pyrrole nitrogens is 1. The highest BCUT2D eigenvalue weighted by Crippen LogP contribution is 2.40. The summed E-state index contributed by atoms with van der Waals surface area (Å²) >= 11 is 6.22. The third-order valence-electron chi connectivity index (χ3n) is 5.13. The van der Waals surface area contributed by atoms with Gasteiger partial charge in [0, 0.05) is 6.07 Å². The predicted octanol–water partition coefficient (Wildman–Crippen LogP) is 4.33. The number of aromatic nitrogens is 4. The van der Waals surface area contributed by atoms with E-state index in [4.69, 9.17) is 11.6 Å². The SMILES string of the molecule is CC(Nc1ncnc2[nH]cnc12)C1=Cc2cccc(Cl)c2S(=O)(=O)N1c1cc(F)cc(F)c1. The van der Waals surface area contributed by atoms with Gasteiger partial charge in [0.05, 0.1) is 28.8 Å². The van der Waals surface area contributed by atoms with Crippen LogP contribution in [0, 0.1) is 11.6 Å². The first kappa shape index (κ1) is 21.3. The van der Waals surface area contributed by atoms with E-state index in [1.54, 1.807) is 25.1 Å². The minimum Gasteiger partial charge on any atom is -0.360 e. The lowest BCUT2D eigenvalue weighted by molar-refractivity contribution is 0.581. The number of aromatic amines is 1. The molecule has 1 atom stereocenters. The summed E-state index contributed by atoms with van der Waals surface area (Å²) in [5.74, 6) is -1.48. The van der Waals surface area contributed by atoms with Gasteiger partial charge in [-0.2, -0.15) is 0 Å². The van der Waals surface area contributed by atoms with E-state index in [0.29, 0.717) is 28.6 Å². The highest BCUT2D eigenvalue weighted by Gasteiger charge is 2.38. The van der Waals surface area contributed by atoms with Crippen molar-refractivity contribution in [1.82, 2.24) is 19.9 Å². The molecule has 0 spiro atoms. The summed E-state index contributed by atoms with van der Waals surface area (Å²) in [5, 5.41) is 3.12. The van der Waals surface area contributed by atoms with Crippen molar-refractivity contribution in [2.24, 2.45) is 0 Å². The molecule has 1 unspecified atom stereocenters. The van der Waals surface area contributed by atoms with Gasteiger partial charge in [-0.1, -0.05) is 23.7 Å². The molecular weight excluding hydrogens is 474 g/mol. The number of hydrogen-bond donors (Lipinski definition) is 2. The van der Waals surface area contributed by atoms with Crippen molar-refractivity contribution >= 4 is 50.4 Å². The number of imidazole rings is 1. The van der Waals surface area contributed by atoms with E-state index in [1.165, 1.54) is 18.7 Å². The van der Waals surface area contributed by atoms with Gasteiger partial charge >= 0.3 is 0 Å². The molecule has 1 aliphatic rings. The van der Waals surface area contributed by atoms with Gasteiger partial charge in [0.25, 0.3) is 10.0 Å². The maximum atomic E-state index is 14.1. The van der Waals surface area contributed by atoms with Crippen molar-refractivity contribution < 1.29 is 17.2 Å². The maximum Gasteiger partial charge on any atom is 0.270 e. The molecule has 0 saturated heterocycles. The maximum absolute atomic E-state index is 14.1. The lowest BCUT2D eigenvalue weighted by Crippen LogP contribution is -2.40. The van der Waals surface area contributed by atoms with Gasteiger partial charge in [-0.15, -0.1) is 0 Å². The minimum absolute atomic E-state index is 0.000631. The average Bonchev–Trinajstić information content (AvgIpc) is 3.22. The van der Waals surface area contributed by atoms with Gasteiger partial charge < -0.3 is 10.3 Å². The smallest absolute Gasteiger partial charge is 0.270 e. The summed E-state index contributed by atoms with van der Waals surface area (Å²) in [6, 6.07) is 6.54. The van der Waals surface area contributed by atoms with Gasteiger partial charge in [0.1, 0.15) is 28.4 Å². The van der Waals surface area contributed by atoms with Gasteiger partial charge in [0.2, 0.25) is 0 Å². The van der Waals surface area contributed by atoms with Gasteiger partial charge in [-0.25, -0.2) is 36.5 Å². The third kappa shape index (κ3) is 3.58. The molecule has 1 aliphatic heterocycles. The van der Waals surface area contributed by atoms with Crippen LogP contribution in [0.2, 0.25) is 5.02 Å². The molecule has 33 heavy (non-hydrogen) atoms. The van der Waals surface area contributed by atoms with Crippen LogP contribution in [0.25, 0.3) is 17.2 Å². The largest absolute Gasteiger partial charge is 0.360 e. The number of hydrogen-bond acceptors (Lipinski definition) is 6. The van der Waals surface area contributed by atoms with Crippen LogP contribution in [-0.2, 0) is 10.0 Å². The Morgan fingerprint density at radius 3 is 2.64 bits per heavy atom. The Morgan fingerprint density at radius 1 is 1.12 bits per heavy atom.